The highest BCUT2D eigenvalue weighted by molar-refractivity contribution is 5.52. The van der Waals surface area contributed by atoms with E-state index in [-0.39, 0.29) is 11.2 Å². The normalized spacial score (nSPS) is 17.4. The number of benzene rings is 1. The molecule has 0 heterocycles. The number of methoxy groups -OCH3 is 2. The molecule has 0 atom stereocenters. The summed E-state index contributed by atoms with van der Waals surface area (Å²) in [4.78, 5) is 0. The van der Waals surface area contributed by atoms with Gasteiger partial charge in [-0.25, -0.2) is 4.39 Å². The average molecular weight is 239 g/mol. The molecular weight excluding hydrogens is 221 g/mol. The third-order valence-electron chi connectivity index (χ3n) is 3.73. The second-order valence-electron chi connectivity index (χ2n) is 4.50. The summed E-state index contributed by atoms with van der Waals surface area (Å²) < 4.78 is 24.6. The standard InChI is InChI=1S/C13H18FNO2/c1-16-10-5-4-9(14)11(12(10)17-2)13(8-15)6-3-7-13/h4-5H,3,6-8,15H2,1-2H3. The van der Waals surface area contributed by atoms with Gasteiger partial charge in [-0.15, -0.1) is 0 Å². The van der Waals surface area contributed by atoms with Crippen LogP contribution < -0.4 is 15.2 Å². The van der Waals surface area contributed by atoms with Crippen LogP contribution in [0.3, 0.4) is 0 Å². The number of halogens is 1. The van der Waals surface area contributed by atoms with Gasteiger partial charge >= 0.3 is 0 Å². The molecule has 3 nitrogen and oxygen atoms in total. The number of hydrogen-bond donors (Lipinski definition) is 1. The minimum absolute atomic E-state index is 0.257. The van der Waals surface area contributed by atoms with Gasteiger partial charge in [0.05, 0.1) is 14.2 Å². The number of ether oxygens (including phenoxy) is 2. The predicted molar refractivity (Wildman–Crippen MR) is 64.1 cm³/mol. The van der Waals surface area contributed by atoms with Gasteiger partial charge in [0.1, 0.15) is 5.82 Å². The van der Waals surface area contributed by atoms with Crippen molar-refractivity contribution in [3.05, 3.63) is 23.5 Å². The van der Waals surface area contributed by atoms with E-state index in [4.69, 9.17) is 15.2 Å². The fourth-order valence-electron chi connectivity index (χ4n) is 2.56. The summed E-state index contributed by atoms with van der Waals surface area (Å²) in [5.41, 5.74) is 6.12. The Balaban J connectivity index is 2.58. The van der Waals surface area contributed by atoms with E-state index in [2.05, 4.69) is 0 Å². The molecule has 0 unspecified atom stereocenters. The summed E-state index contributed by atoms with van der Waals surface area (Å²) in [5, 5.41) is 0. The molecule has 2 rings (SSSR count). The lowest BCUT2D eigenvalue weighted by Gasteiger charge is -2.42. The van der Waals surface area contributed by atoms with E-state index in [1.807, 2.05) is 0 Å². The lowest BCUT2D eigenvalue weighted by atomic mass is 9.64. The molecule has 0 aromatic heterocycles. The first kappa shape index (κ1) is 12.2. The van der Waals surface area contributed by atoms with Crippen molar-refractivity contribution in [3.63, 3.8) is 0 Å². The average Bonchev–Trinajstić information content (AvgIpc) is 2.30. The summed E-state index contributed by atoms with van der Waals surface area (Å²) in [6, 6.07) is 3.01. The lowest BCUT2D eigenvalue weighted by molar-refractivity contribution is 0.231. The van der Waals surface area contributed by atoms with Gasteiger partial charge in [0.25, 0.3) is 0 Å². The number of rotatable bonds is 4. The molecule has 1 aromatic rings. The molecule has 0 amide bonds. The Morgan fingerprint density at radius 1 is 1.29 bits per heavy atom. The summed E-state index contributed by atoms with van der Waals surface area (Å²) in [6.07, 6.45) is 2.89. The maximum Gasteiger partial charge on any atom is 0.167 e. The summed E-state index contributed by atoms with van der Waals surface area (Å²) in [5.74, 6) is 0.786. The van der Waals surface area contributed by atoms with E-state index in [1.54, 1.807) is 13.2 Å². The molecule has 0 spiro atoms. The molecule has 0 aliphatic heterocycles. The fourth-order valence-corrected chi connectivity index (χ4v) is 2.56. The van der Waals surface area contributed by atoms with Crippen molar-refractivity contribution in [1.82, 2.24) is 0 Å². The van der Waals surface area contributed by atoms with Crippen molar-refractivity contribution in [1.29, 1.82) is 0 Å². The van der Waals surface area contributed by atoms with Crippen molar-refractivity contribution in [2.45, 2.75) is 24.7 Å². The van der Waals surface area contributed by atoms with Crippen LogP contribution in [-0.4, -0.2) is 20.8 Å². The van der Waals surface area contributed by atoms with E-state index >= 15 is 0 Å². The van der Waals surface area contributed by atoms with Crippen molar-refractivity contribution < 1.29 is 13.9 Å². The van der Waals surface area contributed by atoms with E-state index < -0.39 is 0 Å². The van der Waals surface area contributed by atoms with Crippen molar-refractivity contribution >= 4 is 0 Å². The quantitative estimate of drug-likeness (QED) is 0.876. The maximum absolute atomic E-state index is 14.1. The predicted octanol–water partition coefficient (Wildman–Crippen LogP) is 2.22. The maximum atomic E-state index is 14.1. The second kappa shape index (κ2) is 4.53. The van der Waals surface area contributed by atoms with E-state index in [9.17, 15) is 4.39 Å². The molecule has 0 radical (unpaired) electrons. The first-order valence-electron chi connectivity index (χ1n) is 5.79. The largest absolute Gasteiger partial charge is 0.493 e. The summed E-state index contributed by atoms with van der Waals surface area (Å²) in [6.45, 7) is 0.438. The van der Waals surface area contributed by atoms with Crippen molar-refractivity contribution in [3.8, 4) is 11.5 Å². The first-order chi connectivity index (χ1) is 8.18. The highest BCUT2D eigenvalue weighted by Gasteiger charge is 2.42. The van der Waals surface area contributed by atoms with E-state index in [0.717, 1.165) is 19.3 Å². The zero-order valence-corrected chi connectivity index (χ0v) is 10.3. The Hall–Kier alpha value is -1.29. The molecular formula is C13H18FNO2. The molecule has 2 N–H and O–H groups in total. The Morgan fingerprint density at radius 3 is 2.41 bits per heavy atom. The minimum Gasteiger partial charge on any atom is -0.493 e. The Bertz CT molecular complexity index is 411. The molecule has 94 valence electrons. The van der Waals surface area contributed by atoms with Crippen LogP contribution in [0.15, 0.2) is 12.1 Å². The summed E-state index contributed by atoms with van der Waals surface area (Å²) >= 11 is 0. The Labute approximate surface area is 101 Å². The van der Waals surface area contributed by atoms with Crippen LogP contribution >= 0.6 is 0 Å². The second-order valence-corrected chi connectivity index (χ2v) is 4.50. The van der Waals surface area contributed by atoms with Gasteiger partial charge in [-0.05, 0) is 25.0 Å². The third-order valence-corrected chi connectivity index (χ3v) is 3.73. The molecule has 1 aromatic carbocycles. The molecule has 1 fully saturated rings. The van der Waals surface area contributed by atoms with Gasteiger partial charge in [0.2, 0.25) is 0 Å². The van der Waals surface area contributed by atoms with Gasteiger partial charge in [-0.2, -0.15) is 0 Å². The summed E-state index contributed by atoms with van der Waals surface area (Å²) in [7, 11) is 3.08. The van der Waals surface area contributed by atoms with Crippen LogP contribution in [0.1, 0.15) is 24.8 Å². The SMILES string of the molecule is COc1ccc(F)c(C2(CN)CCC2)c1OC. The zero-order chi connectivity index (χ0) is 12.5. The smallest absolute Gasteiger partial charge is 0.167 e. The van der Waals surface area contributed by atoms with Gasteiger partial charge in [-0.3, -0.25) is 0 Å². The van der Waals surface area contributed by atoms with Gasteiger partial charge in [0.15, 0.2) is 11.5 Å². The molecule has 0 bridgehead atoms. The highest BCUT2D eigenvalue weighted by atomic mass is 19.1. The van der Waals surface area contributed by atoms with Crippen LogP contribution in [0, 0.1) is 5.82 Å². The van der Waals surface area contributed by atoms with Gasteiger partial charge in [0, 0.05) is 17.5 Å². The van der Waals surface area contributed by atoms with E-state index in [1.165, 1.54) is 13.2 Å². The Kier molecular flexibility index (Phi) is 3.24. The molecule has 4 heteroatoms. The van der Waals surface area contributed by atoms with Crippen LogP contribution in [0.2, 0.25) is 0 Å². The zero-order valence-electron chi connectivity index (χ0n) is 10.3. The van der Waals surface area contributed by atoms with Gasteiger partial charge in [-0.1, -0.05) is 6.42 Å². The monoisotopic (exact) mass is 239 g/mol. The third kappa shape index (κ3) is 1.76. The molecule has 17 heavy (non-hydrogen) atoms. The van der Waals surface area contributed by atoms with Crippen LogP contribution in [-0.2, 0) is 5.41 Å². The highest BCUT2D eigenvalue weighted by Crippen LogP contribution is 2.49. The van der Waals surface area contributed by atoms with Gasteiger partial charge < -0.3 is 15.2 Å². The minimum atomic E-state index is -0.274. The first-order valence-corrected chi connectivity index (χ1v) is 5.79. The molecule has 1 aliphatic rings. The topological polar surface area (TPSA) is 44.5 Å². The van der Waals surface area contributed by atoms with Crippen molar-refractivity contribution in [2.24, 2.45) is 5.73 Å². The van der Waals surface area contributed by atoms with Crippen molar-refractivity contribution in [2.75, 3.05) is 20.8 Å². The lowest BCUT2D eigenvalue weighted by Crippen LogP contribution is -2.42. The Morgan fingerprint density at radius 2 is 2.00 bits per heavy atom. The molecule has 0 saturated heterocycles. The van der Waals surface area contributed by atoms with Crippen LogP contribution in [0.25, 0.3) is 0 Å². The molecule has 1 saturated carbocycles. The molecule has 1 aliphatic carbocycles. The van der Waals surface area contributed by atoms with Crippen LogP contribution in [0.5, 0.6) is 11.5 Å². The number of nitrogens with two attached hydrogens (primary N) is 1. The van der Waals surface area contributed by atoms with Crippen LogP contribution in [0.4, 0.5) is 4.39 Å². The fraction of sp³-hybridized carbons (Fsp3) is 0.538. The number of hydrogen-bond acceptors (Lipinski definition) is 3. The van der Waals surface area contributed by atoms with E-state index in [0.29, 0.717) is 23.6 Å².